The molecule has 1 saturated heterocycles. The first kappa shape index (κ1) is 25.4. The minimum absolute atomic E-state index is 0.247. The average molecular weight is 537 g/mol. The number of imide groups is 1. The molecule has 0 aliphatic carbocycles. The Labute approximate surface area is 231 Å². The summed E-state index contributed by atoms with van der Waals surface area (Å²) in [6.07, 6.45) is 0.523. The number of carbonyl (C=O) groups excluding carboxylic acids is 3. The zero-order valence-corrected chi connectivity index (χ0v) is 22.4. The number of para-hydroxylation sites is 1. The van der Waals surface area contributed by atoms with Gasteiger partial charge in [0, 0.05) is 12.0 Å². The van der Waals surface area contributed by atoms with E-state index >= 15 is 0 Å². The van der Waals surface area contributed by atoms with Crippen LogP contribution in [0.15, 0.2) is 88.2 Å². The van der Waals surface area contributed by atoms with Gasteiger partial charge in [0.25, 0.3) is 17.7 Å². The highest BCUT2D eigenvalue weighted by Crippen LogP contribution is 2.36. The quantitative estimate of drug-likeness (QED) is 0.443. The predicted molar refractivity (Wildman–Crippen MR) is 148 cm³/mol. The van der Waals surface area contributed by atoms with Gasteiger partial charge in [0.05, 0.1) is 24.6 Å². The van der Waals surface area contributed by atoms with E-state index in [1.807, 2.05) is 56.3 Å². The maximum atomic E-state index is 13.8. The van der Waals surface area contributed by atoms with Crippen LogP contribution < -0.4 is 9.64 Å². The Kier molecular flexibility index (Phi) is 6.37. The van der Waals surface area contributed by atoms with Crippen LogP contribution in [0.2, 0.25) is 0 Å². The van der Waals surface area contributed by atoms with Crippen LogP contribution in [-0.4, -0.2) is 59.2 Å². The van der Waals surface area contributed by atoms with Crippen molar-refractivity contribution in [3.05, 3.63) is 95.1 Å². The fourth-order valence-corrected chi connectivity index (χ4v) is 5.52. The van der Waals surface area contributed by atoms with E-state index in [1.165, 1.54) is 10.0 Å². The van der Waals surface area contributed by atoms with Gasteiger partial charge in [-0.1, -0.05) is 59.3 Å². The summed E-state index contributed by atoms with van der Waals surface area (Å²) >= 11 is 0. The molecule has 0 bridgehead atoms. The molecule has 3 heterocycles. The van der Waals surface area contributed by atoms with Crippen molar-refractivity contribution in [1.29, 1.82) is 0 Å². The number of aryl methyl sites for hydroxylation is 2. The van der Waals surface area contributed by atoms with Gasteiger partial charge in [-0.15, -0.1) is 0 Å². The van der Waals surface area contributed by atoms with Crippen molar-refractivity contribution < 1.29 is 19.1 Å². The van der Waals surface area contributed by atoms with E-state index in [4.69, 9.17) is 9.84 Å². The van der Waals surface area contributed by atoms with Gasteiger partial charge >= 0.3 is 0 Å². The lowest BCUT2D eigenvalue weighted by Gasteiger charge is -2.25. The molecule has 3 amide bonds. The monoisotopic (exact) mass is 536 g/mol. The highest BCUT2D eigenvalue weighted by Gasteiger charge is 2.55. The van der Waals surface area contributed by atoms with Crippen LogP contribution in [0.3, 0.4) is 0 Å². The van der Waals surface area contributed by atoms with Crippen LogP contribution in [0.1, 0.15) is 34.7 Å². The second kappa shape index (κ2) is 10.0. The Bertz CT molecular complexity index is 1550. The van der Waals surface area contributed by atoms with Gasteiger partial charge in [-0.2, -0.15) is 10.2 Å². The molecular formula is C30H28N6O4. The van der Waals surface area contributed by atoms with Gasteiger partial charge in [-0.25, -0.2) is 9.91 Å². The molecular weight excluding hydrogens is 508 g/mol. The lowest BCUT2D eigenvalue weighted by atomic mass is 9.95. The number of carbonyl (C=O) groups is 3. The molecule has 3 aromatic carbocycles. The summed E-state index contributed by atoms with van der Waals surface area (Å²) in [6, 6.07) is 20.1. The van der Waals surface area contributed by atoms with E-state index in [0.29, 0.717) is 17.9 Å². The van der Waals surface area contributed by atoms with E-state index in [0.717, 1.165) is 32.9 Å². The SMILES string of the molecule is COc1ccc(C2CC(c3ccc(C)cc3C)=NN2C(=O)CN2N=NC3C(=O)N(c4ccccc4)C(=O)C32)cc1. The second-order valence-corrected chi connectivity index (χ2v) is 10.1. The van der Waals surface area contributed by atoms with Gasteiger partial charge < -0.3 is 4.74 Å². The van der Waals surface area contributed by atoms with Gasteiger partial charge in [0.1, 0.15) is 12.3 Å². The van der Waals surface area contributed by atoms with Crippen LogP contribution in [0, 0.1) is 13.8 Å². The number of anilines is 1. The first-order chi connectivity index (χ1) is 19.4. The van der Waals surface area contributed by atoms with Crippen molar-refractivity contribution in [3.8, 4) is 5.75 Å². The number of ether oxygens (including phenoxy) is 1. The third kappa shape index (κ3) is 4.31. The molecule has 0 radical (unpaired) electrons. The molecule has 0 spiro atoms. The Balaban J connectivity index is 1.28. The number of nitrogens with zero attached hydrogens (tertiary/aromatic N) is 6. The standard InChI is InChI=1S/C30H28N6O4/c1-18-9-14-23(19(2)15-18)24-16-25(20-10-12-22(40-3)13-11-20)36(32-24)26(37)17-34-28-27(31-33-34)29(38)35(30(28)39)21-7-5-4-6-8-21/h4-15,25,27-28H,16-17H2,1-3H3. The highest BCUT2D eigenvalue weighted by atomic mass is 16.5. The molecule has 0 N–H and O–H groups in total. The minimum atomic E-state index is -0.981. The second-order valence-electron chi connectivity index (χ2n) is 10.1. The molecule has 10 nitrogen and oxygen atoms in total. The number of hydrogen-bond donors (Lipinski definition) is 0. The molecule has 3 unspecified atom stereocenters. The van der Waals surface area contributed by atoms with Gasteiger partial charge in [0.2, 0.25) is 0 Å². The van der Waals surface area contributed by atoms with Crippen molar-refractivity contribution in [2.45, 2.75) is 38.4 Å². The summed E-state index contributed by atoms with van der Waals surface area (Å²) in [4.78, 5) is 41.3. The van der Waals surface area contributed by atoms with Crippen LogP contribution in [0.4, 0.5) is 5.69 Å². The van der Waals surface area contributed by atoms with Gasteiger partial charge in [0.15, 0.2) is 12.1 Å². The van der Waals surface area contributed by atoms with E-state index in [1.54, 1.807) is 31.4 Å². The van der Waals surface area contributed by atoms with Crippen molar-refractivity contribution in [2.24, 2.45) is 15.4 Å². The minimum Gasteiger partial charge on any atom is -0.497 e. The summed E-state index contributed by atoms with van der Waals surface area (Å²) in [7, 11) is 1.60. The summed E-state index contributed by atoms with van der Waals surface area (Å²) in [5, 5.41) is 15.7. The van der Waals surface area contributed by atoms with Crippen LogP contribution in [0.25, 0.3) is 0 Å². The number of methoxy groups -OCH3 is 1. The first-order valence-electron chi connectivity index (χ1n) is 13.1. The maximum absolute atomic E-state index is 13.8. The summed E-state index contributed by atoms with van der Waals surface area (Å²) < 4.78 is 5.31. The Morgan fingerprint density at radius 2 is 1.73 bits per heavy atom. The van der Waals surface area contributed by atoms with Gasteiger partial charge in [-0.05, 0) is 49.2 Å². The number of fused-ring (bicyclic) bond motifs is 1. The topological polar surface area (TPSA) is 107 Å². The lowest BCUT2D eigenvalue weighted by molar-refractivity contribution is -0.135. The van der Waals surface area contributed by atoms with Crippen LogP contribution in [0.5, 0.6) is 5.75 Å². The zero-order chi connectivity index (χ0) is 28.0. The number of benzene rings is 3. The lowest BCUT2D eigenvalue weighted by Crippen LogP contribution is -2.44. The Morgan fingerprint density at radius 3 is 2.42 bits per heavy atom. The van der Waals surface area contributed by atoms with Crippen molar-refractivity contribution in [3.63, 3.8) is 0 Å². The zero-order valence-electron chi connectivity index (χ0n) is 22.4. The maximum Gasteiger partial charge on any atom is 0.264 e. The molecule has 3 aliphatic heterocycles. The van der Waals surface area contributed by atoms with Gasteiger partial charge in [-0.3, -0.25) is 19.4 Å². The Hall–Kier alpha value is -4.86. The van der Waals surface area contributed by atoms with Crippen molar-refractivity contribution >= 4 is 29.1 Å². The van der Waals surface area contributed by atoms with E-state index < -0.39 is 23.9 Å². The molecule has 3 atom stereocenters. The average Bonchev–Trinajstić information content (AvgIpc) is 3.64. The summed E-state index contributed by atoms with van der Waals surface area (Å²) in [5.74, 6) is -0.538. The molecule has 3 aliphatic rings. The largest absolute Gasteiger partial charge is 0.497 e. The molecule has 1 fully saturated rings. The van der Waals surface area contributed by atoms with Crippen LogP contribution >= 0.6 is 0 Å². The van der Waals surface area contributed by atoms with E-state index in [2.05, 4.69) is 16.4 Å². The third-order valence-electron chi connectivity index (χ3n) is 7.53. The number of hydrogen-bond acceptors (Lipinski definition) is 8. The summed E-state index contributed by atoms with van der Waals surface area (Å²) in [5.41, 5.74) is 5.38. The third-order valence-corrected chi connectivity index (χ3v) is 7.53. The Morgan fingerprint density at radius 1 is 0.975 bits per heavy atom. The normalized spacial score (nSPS) is 21.7. The molecule has 3 aromatic rings. The van der Waals surface area contributed by atoms with Crippen molar-refractivity contribution in [1.82, 2.24) is 10.0 Å². The molecule has 40 heavy (non-hydrogen) atoms. The number of rotatable bonds is 6. The smallest absolute Gasteiger partial charge is 0.264 e. The van der Waals surface area contributed by atoms with Crippen molar-refractivity contribution in [2.75, 3.05) is 18.6 Å². The fraction of sp³-hybridized carbons (Fsp3) is 0.267. The molecule has 10 heteroatoms. The van der Waals surface area contributed by atoms with Crippen LogP contribution in [-0.2, 0) is 14.4 Å². The highest BCUT2D eigenvalue weighted by molar-refractivity contribution is 6.25. The summed E-state index contributed by atoms with van der Waals surface area (Å²) in [6.45, 7) is 3.82. The molecule has 0 saturated carbocycles. The number of hydrazone groups is 1. The first-order valence-corrected chi connectivity index (χ1v) is 13.1. The predicted octanol–water partition coefficient (Wildman–Crippen LogP) is 3.98. The number of amides is 3. The fourth-order valence-electron chi connectivity index (χ4n) is 5.52. The molecule has 202 valence electrons. The molecule has 0 aromatic heterocycles. The van der Waals surface area contributed by atoms with E-state index in [9.17, 15) is 14.4 Å². The molecule has 6 rings (SSSR count). The van der Waals surface area contributed by atoms with E-state index in [-0.39, 0.29) is 18.5 Å².